The van der Waals surface area contributed by atoms with E-state index < -0.39 is 0 Å². The zero-order valence-electron chi connectivity index (χ0n) is 10.0. The number of hydrogen-bond acceptors (Lipinski definition) is 3. The first kappa shape index (κ1) is 11.7. The molecule has 0 spiro atoms. The van der Waals surface area contributed by atoms with Crippen LogP contribution in [0.5, 0.6) is 0 Å². The molecule has 0 saturated carbocycles. The molecule has 1 N–H and O–H groups in total. The second-order valence-corrected chi connectivity index (χ2v) is 5.83. The maximum Gasteiger partial charge on any atom is 0.0114 e. The first-order chi connectivity index (χ1) is 7.35. The Hall–Kier alpha value is 0.270. The lowest BCUT2D eigenvalue weighted by molar-refractivity contribution is 0.126. The highest BCUT2D eigenvalue weighted by atomic mass is 32.2. The number of hydrogen-bond donors (Lipinski definition) is 1. The molecule has 2 bridgehead atoms. The lowest BCUT2D eigenvalue weighted by atomic mass is 9.97. The van der Waals surface area contributed by atoms with Crippen LogP contribution in [0.4, 0.5) is 0 Å². The Morgan fingerprint density at radius 3 is 2.47 bits per heavy atom. The van der Waals surface area contributed by atoms with Crippen molar-refractivity contribution in [2.24, 2.45) is 0 Å². The summed E-state index contributed by atoms with van der Waals surface area (Å²) in [5.74, 6) is 1.30. The number of thioether (sulfide) groups is 1. The van der Waals surface area contributed by atoms with Crippen LogP contribution in [-0.4, -0.2) is 48.1 Å². The van der Waals surface area contributed by atoms with Crippen molar-refractivity contribution >= 4 is 11.8 Å². The van der Waals surface area contributed by atoms with Crippen LogP contribution in [0, 0.1) is 0 Å². The fourth-order valence-electron chi connectivity index (χ4n) is 3.29. The van der Waals surface area contributed by atoms with E-state index >= 15 is 0 Å². The van der Waals surface area contributed by atoms with E-state index in [-0.39, 0.29) is 0 Å². The average molecular weight is 228 g/mol. The molecule has 0 aromatic carbocycles. The Bertz CT molecular complexity index is 184. The van der Waals surface area contributed by atoms with Crippen LogP contribution in [-0.2, 0) is 0 Å². The lowest BCUT2D eigenvalue weighted by Gasteiger charge is -2.39. The molecule has 2 saturated heterocycles. The Morgan fingerprint density at radius 1 is 1.27 bits per heavy atom. The van der Waals surface area contributed by atoms with Gasteiger partial charge in [-0.1, -0.05) is 6.92 Å². The smallest absolute Gasteiger partial charge is 0.0114 e. The third kappa shape index (κ3) is 2.69. The van der Waals surface area contributed by atoms with Gasteiger partial charge in [0, 0.05) is 30.4 Å². The predicted molar refractivity (Wildman–Crippen MR) is 68.6 cm³/mol. The molecule has 15 heavy (non-hydrogen) atoms. The Labute approximate surface area is 98.2 Å². The van der Waals surface area contributed by atoms with E-state index in [0.29, 0.717) is 0 Å². The van der Waals surface area contributed by atoms with Crippen LogP contribution in [0.25, 0.3) is 0 Å². The molecule has 2 nitrogen and oxygen atoms in total. The highest BCUT2D eigenvalue weighted by molar-refractivity contribution is 7.98. The zero-order chi connectivity index (χ0) is 10.7. The molecule has 2 aliphatic heterocycles. The summed E-state index contributed by atoms with van der Waals surface area (Å²) in [6, 6.07) is 2.58. The molecule has 0 amide bonds. The summed E-state index contributed by atoms with van der Waals surface area (Å²) in [5.41, 5.74) is 0. The van der Waals surface area contributed by atoms with Crippen LogP contribution < -0.4 is 5.32 Å². The molecule has 2 heterocycles. The van der Waals surface area contributed by atoms with Gasteiger partial charge in [-0.25, -0.2) is 0 Å². The van der Waals surface area contributed by atoms with E-state index in [4.69, 9.17) is 0 Å². The minimum Gasteiger partial charge on any atom is -0.314 e. The zero-order valence-corrected chi connectivity index (χ0v) is 10.9. The van der Waals surface area contributed by atoms with Crippen molar-refractivity contribution in [1.82, 2.24) is 10.2 Å². The average Bonchev–Trinajstić information content (AvgIpc) is 2.48. The molecular weight excluding hydrogens is 204 g/mol. The van der Waals surface area contributed by atoms with Gasteiger partial charge < -0.3 is 5.32 Å². The van der Waals surface area contributed by atoms with E-state index in [9.17, 15) is 0 Å². The summed E-state index contributed by atoms with van der Waals surface area (Å²) < 4.78 is 0. The van der Waals surface area contributed by atoms with E-state index in [2.05, 4.69) is 23.4 Å². The molecule has 88 valence electrons. The molecule has 2 unspecified atom stereocenters. The van der Waals surface area contributed by atoms with Crippen molar-refractivity contribution in [2.45, 2.75) is 50.7 Å². The van der Waals surface area contributed by atoms with Crippen LogP contribution in [0.1, 0.15) is 32.6 Å². The van der Waals surface area contributed by atoms with Gasteiger partial charge in [0.2, 0.25) is 0 Å². The normalized spacial score (nSPS) is 36.0. The third-order valence-corrected chi connectivity index (χ3v) is 4.52. The molecule has 0 aliphatic carbocycles. The van der Waals surface area contributed by atoms with Crippen molar-refractivity contribution in [3.63, 3.8) is 0 Å². The van der Waals surface area contributed by atoms with Crippen molar-refractivity contribution in [2.75, 3.05) is 25.1 Å². The Balaban J connectivity index is 1.86. The van der Waals surface area contributed by atoms with Crippen molar-refractivity contribution in [3.8, 4) is 0 Å². The molecule has 2 rings (SSSR count). The molecule has 0 aromatic rings. The minimum atomic E-state index is 0.804. The SMILES string of the molecule is CCNC1CC2CCC(C1)N2CCSC. The van der Waals surface area contributed by atoms with E-state index in [1.54, 1.807) is 0 Å². The summed E-state index contributed by atoms with van der Waals surface area (Å²) in [6.07, 6.45) is 7.88. The fourth-order valence-corrected chi connectivity index (χ4v) is 3.68. The quantitative estimate of drug-likeness (QED) is 0.774. The van der Waals surface area contributed by atoms with Crippen LogP contribution in [0.3, 0.4) is 0 Å². The van der Waals surface area contributed by atoms with Gasteiger partial charge in [-0.05, 0) is 38.5 Å². The van der Waals surface area contributed by atoms with Gasteiger partial charge in [0.05, 0.1) is 0 Å². The fraction of sp³-hybridized carbons (Fsp3) is 1.00. The van der Waals surface area contributed by atoms with Gasteiger partial charge in [-0.3, -0.25) is 4.90 Å². The van der Waals surface area contributed by atoms with E-state index in [1.807, 2.05) is 11.8 Å². The first-order valence-corrected chi connectivity index (χ1v) is 7.72. The molecule has 2 fully saturated rings. The molecule has 2 aliphatic rings. The summed E-state index contributed by atoms with van der Waals surface area (Å²) in [4.78, 5) is 2.78. The number of piperidine rings is 1. The highest BCUT2D eigenvalue weighted by Gasteiger charge is 2.39. The van der Waals surface area contributed by atoms with Crippen LogP contribution >= 0.6 is 11.8 Å². The monoisotopic (exact) mass is 228 g/mol. The first-order valence-electron chi connectivity index (χ1n) is 6.33. The van der Waals surface area contributed by atoms with E-state index in [1.165, 1.54) is 38.0 Å². The Morgan fingerprint density at radius 2 is 1.93 bits per heavy atom. The number of fused-ring (bicyclic) bond motifs is 2. The van der Waals surface area contributed by atoms with Crippen molar-refractivity contribution in [1.29, 1.82) is 0 Å². The maximum absolute atomic E-state index is 3.63. The van der Waals surface area contributed by atoms with Crippen molar-refractivity contribution in [3.05, 3.63) is 0 Å². The van der Waals surface area contributed by atoms with Gasteiger partial charge in [-0.2, -0.15) is 11.8 Å². The van der Waals surface area contributed by atoms with E-state index in [0.717, 1.165) is 24.7 Å². The topological polar surface area (TPSA) is 15.3 Å². The van der Waals surface area contributed by atoms with Gasteiger partial charge in [0.1, 0.15) is 0 Å². The molecule has 0 aromatic heterocycles. The lowest BCUT2D eigenvalue weighted by Crippen LogP contribution is -2.49. The second-order valence-electron chi connectivity index (χ2n) is 4.84. The van der Waals surface area contributed by atoms with Gasteiger partial charge >= 0.3 is 0 Å². The number of nitrogens with one attached hydrogen (secondary N) is 1. The predicted octanol–water partition coefficient (Wildman–Crippen LogP) is 1.95. The van der Waals surface area contributed by atoms with Gasteiger partial charge in [-0.15, -0.1) is 0 Å². The molecular formula is C12H24N2S. The van der Waals surface area contributed by atoms with Crippen LogP contribution in [0.15, 0.2) is 0 Å². The largest absolute Gasteiger partial charge is 0.314 e. The number of rotatable bonds is 5. The molecule has 3 heteroatoms. The van der Waals surface area contributed by atoms with Crippen LogP contribution in [0.2, 0.25) is 0 Å². The molecule has 2 atom stereocenters. The summed E-state index contributed by atoms with van der Waals surface area (Å²) >= 11 is 1.98. The van der Waals surface area contributed by atoms with Gasteiger partial charge in [0.25, 0.3) is 0 Å². The minimum absolute atomic E-state index is 0.804. The highest BCUT2D eigenvalue weighted by Crippen LogP contribution is 2.35. The molecule has 0 radical (unpaired) electrons. The van der Waals surface area contributed by atoms with Crippen molar-refractivity contribution < 1.29 is 0 Å². The van der Waals surface area contributed by atoms with Gasteiger partial charge in [0.15, 0.2) is 0 Å². The summed E-state index contributed by atoms with van der Waals surface area (Å²) in [6.45, 7) is 4.67. The Kier molecular flexibility index (Phi) is 4.35. The number of nitrogens with zero attached hydrogens (tertiary/aromatic N) is 1. The third-order valence-electron chi connectivity index (χ3n) is 3.93. The maximum atomic E-state index is 3.63. The standard InChI is InChI=1S/C12H24N2S/c1-3-13-10-8-11-4-5-12(9-10)14(11)6-7-15-2/h10-13H,3-9H2,1-2H3. The second kappa shape index (κ2) is 5.55. The summed E-state index contributed by atoms with van der Waals surface area (Å²) in [7, 11) is 0. The summed E-state index contributed by atoms with van der Waals surface area (Å²) in [5, 5.41) is 3.63.